The highest BCUT2D eigenvalue weighted by molar-refractivity contribution is 7.89. The van der Waals surface area contributed by atoms with E-state index in [9.17, 15) is 18.3 Å². The van der Waals surface area contributed by atoms with Crippen LogP contribution in [0.2, 0.25) is 0 Å². The maximum absolute atomic E-state index is 12.6. The molecule has 12 nitrogen and oxygen atoms in total. The number of fused-ring (bicyclic) bond motifs is 1. The summed E-state index contributed by atoms with van der Waals surface area (Å²) in [7, 11) is -3.78. The minimum absolute atomic E-state index is 0.00594. The molecule has 0 amide bonds. The fraction of sp³-hybridized carbons (Fsp3) is 0.364. The largest absolute Gasteiger partial charge is 0.494 e. The third kappa shape index (κ3) is 5.93. The van der Waals surface area contributed by atoms with Gasteiger partial charge in [-0.2, -0.15) is 0 Å². The summed E-state index contributed by atoms with van der Waals surface area (Å²) in [5.74, 6) is -0.323. The number of nitrogens with zero attached hydrogens (tertiary/aromatic N) is 4. The van der Waals surface area contributed by atoms with Crippen molar-refractivity contribution in [1.82, 2.24) is 25.0 Å². The molecule has 0 bridgehead atoms. The van der Waals surface area contributed by atoms with Gasteiger partial charge in [0, 0.05) is 45.4 Å². The number of aromatic hydroxyl groups is 1. The van der Waals surface area contributed by atoms with Crippen LogP contribution in [-0.2, 0) is 14.8 Å². The van der Waals surface area contributed by atoms with Crippen LogP contribution >= 0.6 is 0 Å². The molecular formula is C22H27N7O5S. The third-order valence-electron chi connectivity index (χ3n) is 5.59. The lowest BCUT2D eigenvalue weighted by Gasteiger charge is -2.28. The molecule has 1 aliphatic heterocycles. The molecule has 1 fully saturated rings. The molecule has 0 spiro atoms. The highest BCUT2D eigenvalue weighted by atomic mass is 32.2. The molecule has 0 radical (unpaired) electrons. The normalized spacial score (nSPS) is 14.7. The Bertz CT molecular complexity index is 1330. The van der Waals surface area contributed by atoms with Crippen molar-refractivity contribution >= 4 is 44.7 Å². The number of piperazine rings is 1. The number of H-pyrrole nitrogens is 1. The zero-order chi connectivity index (χ0) is 24.8. The maximum atomic E-state index is 12.6. The Labute approximate surface area is 202 Å². The van der Waals surface area contributed by atoms with Crippen molar-refractivity contribution in [3.63, 3.8) is 0 Å². The molecule has 13 heteroatoms. The lowest BCUT2D eigenvalue weighted by atomic mass is 10.2. The van der Waals surface area contributed by atoms with E-state index >= 15 is 0 Å². The molecule has 35 heavy (non-hydrogen) atoms. The van der Waals surface area contributed by atoms with Crippen LogP contribution in [0.25, 0.3) is 11.0 Å². The van der Waals surface area contributed by atoms with Gasteiger partial charge in [0.05, 0.1) is 21.5 Å². The number of aliphatic imine (C=N–C) groups is 1. The molecule has 1 aromatic carbocycles. The smallest absolute Gasteiger partial charge is 0.303 e. The molecule has 3 heterocycles. The number of hydrogen-bond acceptors (Lipinski definition) is 9. The Morgan fingerprint density at radius 1 is 1.23 bits per heavy atom. The number of benzene rings is 1. The molecule has 0 unspecified atom stereocenters. The summed E-state index contributed by atoms with van der Waals surface area (Å²) in [5, 5.41) is 23.1. The van der Waals surface area contributed by atoms with Crippen LogP contribution in [0.4, 0.5) is 11.5 Å². The van der Waals surface area contributed by atoms with Crippen LogP contribution < -0.4 is 14.9 Å². The topological polar surface area (TPSA) is 173 Å². The fourth-order valence-corrected chi connectivity index (χ4v) is 4.93. The predicted octanol–water partition coefficient (Wildman–Crippen LogP) is 1.36. The van der Waals surface area contributed by atoms with Crippen molar-refractivity contribution in [3.05, 3.63) is 36.2 Å². The second-order valence-corrected chi connectivity index (χ2v) is 9.82. The summed E-state index contributed by atoms with van der Waals surface area (Å²) in [6, 6.07) is 6.12. The summed E-state index contributed by atoms with van der Waals surface area (Å²) >= 11 is 0. The molecule has 2 aromatic heterocycles. The minimum Gasteiger partial charge on any atom is -0.494 e. The van der Waals surface area contributed by atoms with Gasteiger partial charge in [0.15, 0.2) is 5.88 Å². The third-order valence-corrected chi connectivity index (χ3v) is 7.04. The van der Waals surface area contributed by atoms with Gasteiger partial charge in [-0.3, -0.25) is 9.79 Å². The van der Waals surface area contributed by atoms with Crippen molar-refractivity contribution in [3.8, 4) is 5.88 Å². The van der Waals surface area contributed by atoms with E-state index in [-0.39, 0.29) is 23.7 Å². The molecule has 0 saturated carbocycles. The number of unbranched alkanes of at least 4 members (excludes halogenated alkanes) is 1. The number of carbonyl (C=O) groups is 1. The second kappa shape index (κ2) is 10.8. The SMILES string of the molecule is O=C(O)CCCCNS(=O)(=O)c1cccc(N=Cc2c(O)[nH]c3ncnc(N4CCNCC4)c23)c1. The number of carboxylic acids is 1. The molecule has 3 aromatic rings. The second-order valence-electron chi connectivity index (χ2n) is 8.05. The molecule has 186 valence electrons. The van der Waals surface area contributed by atoms with E-state index in [0.717, 1.165) is 26.2 Å². The average Bonchev–Trinajstić information content (AvgIpc) is 3.18. The summed E-state index contributed by atoms with van der Waals surface area (Å²) in [4.78, 5) is 28.6. The first-order chi connectivity index (χ1) is 16.8. The number of anilines is 1. The summed E-state index contributed by atoms with van der Waals surface area (Å²) < 4.78 is 27.7. The standard InChI is InChI=1S/C22H27N7O5S/c30-18(31)6-1-2-7-27-35(33,34)16-5-3-4-15(12-16)24-13-17-19-20(28-22(17)32)25-14-26-21(19)29-10-8-23-9-11-29/h3-5,12-14,23,27,32H,1-2,6-11H2,(H,30,31)(H,25,26,28). The van der Waals surface area contributed by atoms with Gasteiger partial charge in [0.25, 0.3) is 0 Å². The van der Waals surface area contributed by atoms with E-state index in [1.807, 2.05) is 0 Å². The summed E-state index contributed by atoms with van der Waals surface area (Å²) in [5.41, 5.74) is 1.28. The number of rotatable bonds is 10. The van der Waals surface area contributed by atoms with Crippen molar-refractivity contribution < 1.29 is 23.4 Å². The Morgan fingerprint density at radius 2 is 2.03 bits per heavy atom. The van der Waals surface area contributed by atoms with Gasteiger partial charge < -0.3 is 25.4 Å². The zero-order valence-corrected chi connectivity index (χ0v) is 19.8. The van der Waals surface area contributed by atoms with Gasteiger partial charge in [0.2, 0.25) is 10.0 Å². The van der Waals surface area contributed by atoms with Crippen molar-refractivity contribution in [1.29, 1.82) is 0 Å². The van der Waals surface area contributed by atoms with Gasteiger partial charge in [-0.25, -0.2) is 23.1 Å². The van der Waals surface area contributed by atoms with Gasteiger partial charge in [0.1, 0.15) is 17.8 Å². The number of carboxylic acid groups (broad SMARTS) is 1. The van der Waals surface area contributed by atoms with Crippen LogP contribution in [0.3, 0.4) is 0 Å². The minimum atomic E-state index is -3.78. The predicted molar refractivity (Wildman–Crippen MR) is 131 cm³/mol. The van der Waals surface area contributed by atoms with E-state index < -0.39 is 16.0 Å². The van der Waals surface area contributed by atoms with Crippen molar-refractivity contribution in [2.75, 3.05) is 37.6 Å². The van der Waals surface area contributed by atoms with E-state index in [2.05, 4.69) is 34.9 Å². The first-order valence-electron chi connectivity index (χ1n) is 11.2. The van der Waals surface area contributed by atoms with E-state index in [0.29, 0.717) is 40.9 Å². The van der Waals surface area contributed by atoms with Crippen molar-refractivity contribution in [2.45, 2.75) is 24.2 Å². The number of aliphatic carboxylic acids is 1. The quantitative estimate of drug-likeness (QED) is 0.203. The Kier molecular flexibility index (Phi) is 7.58. The van der Waals surface area contributed by atoms with Crippen LogP contribution in [0.1, 0.15) is 24.8 Å². The summed E-state index contributed by atoms with van der Waals surface area (Å²) in [6.45, 7) is 3.30. The number of nitrogens with one attached hydrogen (secondary N) is 3. The monoisotopic (exact) mass is 501 g/mol. The number of sulfonamides is 1. The first kappa shape index (κ1) is 24.6. The lowest BCUT2D eigenvalue weighted by Crippen LogP contribution is -2.44. The lowest BCUT2D eigenvalue weighted by molar-refractivity contribution is -0.137. The Morgan fingerprint density at radius 3 is 2.80 bits per heavy atom. The fourth-order valence-electron chi connectivity index (χ4n) is 3.82. The molecule has 5 N–H and O–H groups in total. The van der Waals surface area contributed by atoms with Gasteiger partial charge in [-0.05, 0) is 31.0 Å². The first-order valence-corrected chi connectivity index (χ1v) is 12.7. The Balaban J connectivity index is 1.55. The molecule has 0 aliphatic carbocycles. The average molecular weight is 502 g/mol. The zero-order valence-electron chi connectivity index (χ0n) is 18.9. The van der Waals surface area contributed by atoms with Crippen LogP contribution in [0, 0.1) is 0 Å². The highest BCUT2D eigenvalue weighted by Crippen LogP contribution is 2.32. The van der Waals surface area contributed by atoms with Gasteiger partial charge >= 0.3 is 5.97 Å². The van der Waals surface area contributed by atoms with Crippen LogP contribution in [0.15, 0.2) is 40.5 Å². The molecular weight excluding hydrogens is 474 g/mol. The number of aromatic nitrogens is 3. The van der Waals surface area contributed by atoms with Gasteiger partial charge in [-0.15, -0.1) is 0 Å². The molecule has 1 saturated heterocycles. The maximum Gasteiger partial charge on any atom is 0.303 e. The van der Waals surface area contributed by atoms with Crippen LogP contribution in [0.5, 0.6) is 5.88 Å². The van der Waals surface area contributed by atoms with Crippen molar-refractivity contribution in [2.24, 2.45) is 4.99 Å². The van der Waals surface area contributed by atoms with E-state index in [4.69, 9.17) is 5.11 Å². The van der Waals surface area contributed by atoms with Gasteiger partial charge in [-0.1, -0.05) is 6.07 Å². The number of hydrogen-bond donors (Lipinski definition) is 5. The number of aromatic amines is 1. The van der Waals surface area contributed by atoms with Crippen LogP contribution in [-0.4, -0.2) is 78.5 Å². The van der Waals surface area contributed by atoms with E-state index in [1.54, 1.807) is 12.1 Å². The summed E-state index contributed by atoms with van der Waals surface area (Å²) in [6.07, 6.45) is 3.71. The molecule has 4 rings (SSSR count). The Hall–Kier alpha value is -3.55. The van der Waals surface area contributed by atoms with E-state index in [1.165, 1.54) is 24.7 Å². The molecule has 0 atom stereocenters. The molecule has 1 aliphatic rings. The highest BCUT2D eigenvalue weighted by Gasteiger charge is 2.21.